The van der Waals surface area contributed by atoms with E-state index in [1.807, 2.05) is 18.9 Å². The van der Waals surface area contributed by atoms with E-state index in [1.54, 1.807) is 24.3 Å². The lowest BCUT2D eigenvalue weighted by Gasteiger charge is -2.32. The minimum atomic E-state index is -0.426. The molecule has 0 saturated carbocycles. The van der Waals surface area contributed by atoms with Crippen molar-refractivity contribution in [1.29, 1.82) is 0 Å². The lowest BCUT2D eigenvalue weighted by Crippen LogP contribution is -2.45. The first kappa shape index (κ1) is 17.9. The Hall–Kier alpha value is -2.94. The smallest absolute Gasteiger partial charge is 0.353 e. The molecule has 2 heterocycles. The number of nitro groups is 1. The highest BCUT2D eigenvalue weighted by molar-refractivity contribution is 5.74. The molecule has 0 bridgehead atoms. The first-order valence-electron chi connectivity index (χ1n) is 8.51. The summed E-state index contributed by atoms with van der Waals surface area (Å²) in [5.74, 6) is 1.28. The average molecular weight is 358 g/mol. The molecule has 1 saturated heterocycles. The van der Waals surface area contributed by atoms with Crippen LogP contribution in [0.1, 0.15) is 6.92 Å². The topological polar surface area (TPSA) is 96.7 Å². The van der Waals surface area contributed by atoms with Gasteiger partial charge in [-0.25, -0.2) is 9.97 Å². The van der Waals surface area contributed by atoms with Crippen LogP contribution in [0.15, 0.2) is 30.6 Å². The lowest BCUT2D eigenvalue weighted by atomic mass is 10.2. The second-order valence-corrected chi connectivity index (χ2v) is 6.02. The fourth-order valence-corrected chi connectivity index (χ4v) is 2.82. The molecule has 0 amide bonds. The van der Waals surface area contributed by atoms with Crippen LogP contribution in [0, 0.1) is 10.1 Å². The highest BCUT2D eigenvalue weighted by Gasteiger charge is 2.28. The number of anilines is 3. The number of hydrogen-bond acceptors (Lipinski definition) is 8. The fraction of sp³-hybridized carbons (Fsp3) is 0.412. The van der Waals surface area contributed by atoms with Gasteiger partial charge >= 0.3 is 5.69 Å². The summed E-state index contributed by atoms with van der Waals surface area (Å²) in [6.07, 6.45) is 1.36. The van der Waals surface area contributed by atoms with Crippen molar-refractivity contribution in [1.82, 2.24) is 14.9 Å². The summed E-state index contributed by atoms with van der Waals surface area (Å²) in [5, 5.41) is 14.7. The second kappa shape index (κ2) is 7.96. The third-order valence-corrected chi connectivity index (χ3v) is 4.22. The van der Waals surface area contributed by atoms with Gasteiger partial charge in [-0.1, -0.05) is 0 Å². The van der Waals surface area contributed by atoms with Crippen molar-refractivity contribution in [3.63, 3.8) is 0 Å². The van der Waals surface area contributed by atoms with Crippen molar-refractivity contribution in [2.45, 2.75) is 6.92 Å². The molecule has 0 spiro atoms. The van der Waals surface area contributed by atoms with Gasteiger partial charge in [0.25, 0.3) is 0 Å². The normalized spacial score (nSPS) is 14.9. The fourth-order valence-electron chi connectivity index (χ4n) is 2.82. The summed E-state index contributed by atoms with van der Waals surface area (Å²) in [5.41, 5.74) is 0.588. The molecule has 9 nitrogen and oxygen atoms in total. The number of rotatable bonds is 6. The maximum atomic E-state index is 11.7. The van der Waals surface area contributed by atoms with E-state index in [4.69, 9.17) is 4.74 Å². The Labute approximate surface area is 151 Å². The van der Waals surface area contributed by atoms with Crippen molar-refractivity contribution in [2.75, 3.05) is 50.1 Å². The van der Waals surface area contributed by atoms with Gasteiger partial charge in [0, 0.05) is 31.9 Å². The summed E-state index contributed by atoms with van der Waals surface area (Å²) >= 11 is 0. The van der Waals surface area contributed by atoms with Crippen LogP contribution in [-0.2, 0) is 0 Å². The average Bonchev–Trinajstić information content (AvgIpc) is 2.64. The van der Waals surface area contributed by atoms with Crippen LogP contribution in [-0.4, -0.2) is 59.6 Å². The second-order valence-electron chi connectivity index (χ2n) is 6.02. The van der Waals surface area contributed by atoms with Crippen molar-refractivity contribution >= 4 is 23.0 Å². The van der Waals surface area contributed by atoms with Gasteiger partial charge in [-0.05, 0) is 38.2 Å². The maximum absolute atomic E-state index is 11.7. The highest BCUT2D eigenvalue weighted by Crippen LogP contribution is 2.34. The van der Waals surface area contributed by atoms with Gasteiger partial charge in [0.15, 0.2) is 0 Å². The molecule has 1 N–H and O–H groups in total. The molecular weight excluding hydrogens is 336 g/mol. The van der Waals surface area contributed by atoms with Gasteiger partial charge in [0.05, 0.1) is 11.5 Å². The van der Waals surface area contributed by atoms with Crippen LogP contribution in [0.2, 0.25) is 0 Å². The molecule has 2 aromatic rings. The van der Waals surface area contributed by atoms with Crippen LogP contribution in [0.4, 0.5) is 23.0 Å². The van der Waals surface area contributed by atoms with E-state index in [0.29, 0.717) is 31.2 Å². The zero-order valence-corrected chi connectivity index (χ0v) is 14.9. The molecule has 0 aliphatic carbocycles. The van der Waals surface area contributed by atoms with E-state index in [-0.39, 0.29) is 11.5 Å². The van der Waals surface area contributed by atoms with Crippen molar-refractivity contribution in [3.8, 4) is 5.75 Å². The molecule has 26 heavy (non-hydrogen) atoms. The predicted octanol–water partition coefficient (Wildman–Crippen LogP) is 2.28. The molecule has 1 aliphatic rings. The van der Waals surface area contributed by atoms with E-state index < -0.39 is 4.92 Å². The third-order valence-electron chi connectivity index (χ3n) is 4.22. The van der Waals surface area contributed by atoms with Crippen LogP contribution in [0.5, 0.6) is 5.75 Å². The number of piperazine rings is 1. The monoisotopic (exact) mass is 358 g/mol. The molecular formula is C17H22N6O3. The minimum Gasteiger partial charge on any atom is -0.494 e. The van der Waals surface area contributed by atoms with Gasteiger partial charge in [0.2, 0.25) is 11.6 Å². The summed E-state index contributed by atoms with van der Waals surface area (Å²) in [6, 6.07) is 7.21. The molecule has 1 aliphatic heterocycles. The van der Waals surface area contributed by atoms with Gasteiger partial charge in [-0.2, -0.15) is 0 Å². The van der Waals surface area contributed by atoms with E-state index in [9.17, 15) is 10.1 Å². The molecule has 0 unspecified atom stereocenters. The predicted molar refractivity (Wildman–Crippen MR) is 99.3 cm³/mol. The first-order valence-corrected chi connectivity index (χ1v) is 8.51. The third kappa shape index (κ3) is 3.99. The van der Waals surface area contributed by atoms with Crippen LogP contribution < -0.4 is 15.0 Å². The van der Waals surface area contributed by atoms with Gasteiger partial charge in [0.1, 0.15) is 12.1 Å². The van der Waals surface area contributed by atoms with E-state index in [0.717, 1.165) is 18.8 Å². The van der Waals surface area contributed by atoms with E-state index >= 15 is 0 Å². The summed E-state index contributed by atoms with van der Waals surface area (Å²) in [7, 11) is 2.03. The van der Waals surface area contributed by atoms with Gasteiger partial charge < -0.3 is 19.9 Å². The molecule has 0 atom stereocenters. The van der Waals surface area contributed by atoms with Crippen LogP contribution >= 0.6 is 0 Å². The SMILES string of the molecule is CCOc1ccc(Nc2ncnc(N3CCN(C)CC3)c2[N+](=O)[O-])cc1. The standard InChI is InChI=1S/C17H22N6O3/c1-3-26-14-6-4-13(5-7-14)20-16-15(23(24)25)17(19-12-18-16)22-10-8-21(2)9-11-22/h4-7,12H,3,8-11H2,1-2H3,(H,18,19,20). The summed E-state index contributed by atoms with van der Waals surface area (Å²) in [4.78, 5) is 23.7. The number of likely N-dealkylation sites (N-methyl/N-ethyl adjacent to an activating group) is 1. The number of nitrogens with one attached hydrogen (secondary N) is 1. The van der Waals surface area contributed by atoms with Crippen molar-refractivity contribution < 1.29 is 9.66 Å². The molecule has 138 valence electrons. The molecule has 1 aromatic heterocycles. The summed E-state index contributed by atoms with van der Waals surface area (Å²) in [6.45, 7) is 5.55. The lowest BCUT2D eigenvalue weighted by molar-refractivity contribution is -0.383. The minimum absolute atomic E-state index is 0.106. The Kier molecular flexibility index (Phi) is 5.47. The van der Waals surface area contributed by atoms with Crippen molar-refractivity contribution in [2.24, 2.45) is 0 Å². The van der Waals surface area contributed by atoms with E-state index in [2.05, 4.69) is 20.2 Å². The Bertz CT molecular complexity index is 760. The summed E-state index contributed by atoms with van der Waals surface area (Å²) < 4.78 is 5.41. The number of ether oxygens (including phenoxy) is 1. The van der Waals surface area contributed by atoms with Crippen molar-refractivity contribution in [3.05, 3.63) is 40.7 Å². The van der Waals surface area contributed by atoms with E-state index in [1.165, 1.54) is 6.33 Å². The largest absolute Gasteiger partial charge is 0.494 e. The number of benzene rings is 1. The number of nitrogens with zero attached hydrogens (tertiary/aromatic N) is 5. The Morgan fingerprint density at radius 3 is 2.50 bits per heavy atom. The molecule has 0 radical (unpaired) electrons. The zero-order valence-electron chi connectivity index (χ0n) is 14.9. The Morgan fingerprint density at radius 1 is 1.19 bits per heavy atom. The van der Waals surface area contributed by atoms with Gasteiger partial charge in [-0.15, -0.1) is 0 Å². The van der Waals surface area contributed by atoms with Crippen LogP contribution in [0.25, 0.3) is 0 Å². The zero-order chi connectivity index (χ0) is 18.5. The highest BCUT2D eigenvalue weighted by atomic mass is 16.6. The Balaban J connectivity index is 1.87. The molecule has 9 heteroatoms. The maximum Gasteiger partial charge on any atom is 0.353 e. The number of aromatic nitrogens is 2. The molecule has 3 rings (SSSR count). The molecule has 1 aromatic carbocycles. The van der Waals surface area contributed by atoms with Crippen LogP contribution in [0.3, 0.4) is 0 Å². The quantitative estimate of drug-likeness (QED) is 0.620. The molecule has 1 fully saturated rings. The Morgan fingerprint density at radius 2 is 1.88 bits per heavy atom. The first-order chi connectivity index (χ1) is 12.6. The van der Waals surface area contributed by atoms with Gasteiger partial charge in [-0.3, -0.25) is 10.1 Å². The number of hydrogen-bond donors (Lipinski definition) is 1.